The Morgan fingerprint density at radius 2 is 1.78 bits per heavy atom. The van der Waals surface area contributed by atoms with Crippen molar-refractivity contribution in [2.75, 3.05) is 13.2 Å². The maximum atomic E-state index is 13.4. The highest BCUT2D eigenvalue weighted by molar-refractivity contribution is 6.08. The van der Waals surface area contributed by atoms with Crippen molar-refractivity contribution < 1.29 is 28.2 Å². The molecule has 0 amide bonds. The first-order valence-corrected chi connectivity index (χ1v) is 7.60. The number of benzene rings is 1. The van der Waals surface area contributed by atoms with Crippen LogP contribution in [0, 0.1) is 11.2 Å². The summed E-state index contributed by atoms with van der Waals surface area (Å²) in [6.07, 6.45) is -0.0629. The molecule has 0 N–H and O–H groups in total. The molecule has 0 unspecified atom stereocenters. The molecule has 0 aliphatic heterocycles. The van der Waals surface area contributed by atoms with Crippen molar-refractivity contribution in [3.8, 4) is 0 Å². The Morgan fingerprint density at radius 1 is 1.17 bits per heavy atom. The van der Waals surface area contributed by atoms with E-state index in [1.54, 1.807) is 13.8 Å². The minimum atomic E-state index is -1.67. The second-order valence-corrected chi connectivity index (χ2v) is 5.42. The summed E-state index contributed by atoms with van der Waals surface area (Å²) < 4.78 is 23.4. The average Bonchev–Trinajstić information content (AvgIpc) is 2.65. The van der Waals surface area contributed by atoms with E-state index in [-0.39, 0.29) is 32.5 Å². The molecule has 1 aliphatic carbocycles. The Morgan fingerprint density at radius 3 is 2.35 bits per heavy atom. The molecule has 6 heteroatoms. The van der Waals surface area contributed by atoms with Gasteiger partial charge < -0.3 is 9.47 Å². The third kappa shape index (κ3) is 3.25. The summed E-state index contributed by atoms with van der Waals surface area (Å²) in [7, 11) is 0. The van der Waals surface area contributed by atoms with Crippen LogP contribution in [0.4, 0.5) is 4.39 Å². The third-order valence-electron chi connectivity index (χ3n) is 3.98. The molecule has 0 atom stereocenters. The number of carbonyl (C=O) groups excluding carboxylic acids is 3. The third-order valence-corrected chi connectivity index (χ3v) is 3.98. The van der Waals surface area contributed by atoms with Gasteiger partial charge in [0.05, 0.1) is 13.2 Å². The SMILES string of the molecule is CCOC(=O)C1(C(=O)OCC)CCc2cc(F)ccc2C(=O)C1. The minimum Gasteiger partial charge on any atom is -0.465 e. The van der Waals surface area contributed by atoms with Crippen molar-refractivity contribution in [1.29, 1.82) is 0 Å². The molecule has 0 aromatic heterocycles. The van der Waals surface area contributed by atoms with Gasteiger partial charge in [0.25, 0.3) is 0 Å². The molecule has 1 aromatic carbocycles. The van der Waals surface area contributed by atoms with Crippen LogP contribution in [-0.2, 0) is 25.5 Å². The van der Waals surface area contributed by atoms with Crippen molar-refractivity contribution in [1.82, 2.24) is 0 Å². The van der Waals surface area contributed by atoms with Crippen molar-refractivity contribution in [3.63, 3.8) is 0 Å². The summed E-state index contributed by atoms with van der Waals surface area (Å²) in [5.74, 6) is -2.38. The lowest BCUT2D eigenvalue weighted by Crippen LogP contribution is -2.43. The van der Waals surface area contributed by atoms with E-state index in [9.17, 15) is 18.8 Å². The van der Waals surface area contributed by atoms with Crippen LogP contribution >= 0.6 is 0 Å². The molecular formula is C17H19FO5. The lowest BCUT2D eigenvalue weighted by molar-refractivity contribution is -0.172. The number of aryl methyl sites for hydroxylation is 1. The van der Waals surface area contributed by atoms with Crippen LogP contribution in [-0.4, -0.2) is 30.9 Å². The van der Waals surface area contributed by atoms with E-state index < -0.39 is 29.0 Å². The van der Waals surface area contributed by atoms with Crippen molar-refractivity contribution in [2.24, 2.45) is 5.41 Å². The zero-order valence-electron chi connectivity index (χ0n) is 13.2. The van der Waals surface area contributed by atoms with Crippen molar-refractivity contribution >= 4 is 17.7 Å². The van der Waals surface area contributed by atoms with Gasteiger partial charge in [-0.2, -0.15) is 0 Å². The van der Waals surface area contributed by atoms with E-state index in [0.717, 1.165) is 0 Å². The zero-order valence-corrected chi connectivity index (χ0v) is 13.2. The van der Waals surface area contributed by atoms with E-state index in [1.165, 1.54) is 18.2 Å². The van der Waals surface area contributed by atoms with Gasteiger partial charge in [-0.3, -0.25) is 14.4 Å². The number of ketones is 1. The zero-order chi connectivity index (χ0) is 17.0. The molecule has 2 rings (SSSR count). The largest absolute Gasteiger partial charge is 0.465 e. The number of esters is 2. The van der Waals surface area contributed by atoms with Gasteiger partial charge >= 0.3 is 11.9 Å². The monoisotopic (exact) mass is 322 g/mol. The lowest BCUT2D eigenvalue weighted by Gasteiger charge is -2.26. The predicted molar refractivity (Wildman–Crippen MR) is 79.4 cm³/mol. The smallest absolute Gasteiger partial charge is 0.323 e. The summed E-state index contributed by atoms with van der Waals surface area (Å²) in [6, 6.07) is 3.84. The molecule has 124 valence electrons. The Bertz CT molecular complexity index is 620. The lowest BCUT2D eigenvalue weighted by atomic mass is 9.79. The topological polar surface area (TPSA) is 69.7 Å². The fourth-order valence-corrected chi connectivity index (χ4v) is 2.82. The fraction of sp³-hybridized carbons (Fsp3) is 0.471. The summed E-state index contributed by atoms with van der Waals surface area (Å²) in [4.78, 5) is 37.3. The number of Topliss-reactive ketones (excluding diaryl/α,β-unsaturated/α-hetero) is 1. The maximum absolute atomic E-state index is 13.4. The van der Waals surface area contributed by atoms with Crippen LogP contribution in [0.1, 0.15) is 42.6 Å². The van der Waals surface area contributed by atoms with Gasteiger partial charge in [-0.1, -0.05) is 0 Å². The molecule has 1 aromatic rings. The number of halogens is 1. The van der Waals surface area contributed by atoms with E-state index >= 15 is 0 Å². The molecule has 0 heterocycles. The number of rotatable bonds is 4. The van der Waals surface area contributed by atoms with Crippen LogP contribution in [0.25, 0.3) is 0 Å². The molecule has 0 radical (unpaired) electrons. The molecule has 0 spiro atoms. The standard InChI is InChI=1S/C17H19FO5/c1-3-22-15(20)17(16(21)23-4-2)8-7-11-9-12(18)5-6-13(11)14(19)10-17/h5-6,9H,3-4,7-8,10H2,1-2H3. The summed E-state index contributed by atoms with van der Waals surface area (Å²) in [5, 5.41) is 0. The Balaban J connectivity index is 2.44. The minimum absolute atomic E-state index is 0.0485. The van der Waals surface area contributed by atoms with Crippen LogP contribution in [0.5, 0.6) is 0 Å². The second-order valence-electron chi connectivity index (χ2n) is 5.42. The van der Waals surface area contributed by atoms with Crippen LogP contribution in [0.15, 0.2) is 18.2 Å². The van der Waals surface area contributed by atoms with E-state index in [4.69, 9.17) is 9.47 Å². The van der Waals surface area contributed by atoms with Gasteiger partial charge in [-0.05, 0) is 50.5 Å². The number of fused-ring (bicyclic) bond motifs is 1. The molecule has 0 saturated carbocycles. The number of ether oxygens (including phenoxy) is 2. The van der Waals surface area contributed by atoms with Gasteiger partial charge in [-0.15, -0.1) is 0 Å². The van der Waals surface area contributed by atoms with Crippen LogP contribution < -0.4 is 0 Å². The maximum Gasteiger partial charge on any atom is 0.323 e. The second kappa shape index (κ2) is 6.89. The van der Waals surface area contributed by atoms with Crippen molar-refractivity contribution in [2.45, 2.75) is 33.1 Å². The molecular weight excluding hydrogens is 303 g/mol. The summed E-state index contributed by atoms with van der Waals surface area (Å²) in [5.41, 5.74) is -0.842. The normalized spacial score (nSPS) is 16.2. The number of hydrogen-bond acceptors (Lipinski definition) is 5. The predicted octanol–water partition coefficient (Wildman–Crippen LogP) is 2.46. The van der Waals surface area contributed by atoms with Gasteiger partial charge in [0.15, 0.2) is 11.2 Å². The highest BCUT2D eigenvalue weighted by Crippen LogP contribution is 2.37. The molecule has 0 bridgehead atoms. The first-order valence-electron chi connectivity index (χ1n) is 7.60. The highest BCUT2D eigenvalue weighted by Gasteiger charge is 2.51. The highest BCUT2D eigenvalue weighted by atomic mass is 19.1. The quantitative estimate of drug-likeness (QED) is 0.484. The molecule has 23 heavy (non-hydrogen) atoms. The Labute approximate surface area is 133 Å². The van der Waals surface area contributed by atoms with Gasteiger partial charge in [0, 0.05) is 12.0 Å². The Hall–Kier alpha value is -2.24. The number of carbonyl (C=O) groups is 3. The Kier molecular flexibility index (Phi) is 5.13. The number of hydrogen-bond donors (Lipinski definition) is 0. The van der Waals surface area contributed by atoms with Crippen LogP contribution in [0.3, 0.4) is 0 Å². The van der Waals surface area contributed by atoms with Crippen LogP contribution in [0.2, 0.25) is 0 Å². The van der Waals surface area contributed by atoms with Crippen molar-refractivity contribution in [3.05, 3.63) is 35.1 Å². The van der Waals surface area contributed by atoms with Gasteiger partial charge in [-0.25, -0.2) is 4.39 Å². The summed E-state index contributed by atoms with van der Waals surface area (Å²) >= 11 is 0. The van der Waals surface area contributed by atoms with E-state index in [1.807, 2.05) is 0 Å². The summed E-state index contributed by atoms with van der Waals surface area (Å²) in [6.45, 7) is 3.43. The van der Waals surface area contributed by atoms with Gasteiger partial charge in [0.1, 0.15) is 5.82 Å². The first-order chi connectivity index (χ1) is 10.9. The molecule has 0 fully saturated rings. The fourth-order valence-electron chi connectivity index (χ4n) is 2.82. The first kappa shape index (κ1) is 17.1. The molecule has 1 aliphatic rings. The van der Waals surface area contributed by atoms with E-state index in [0.29, 0.717) is 11.1 Å². The molecule has 5 nitrogen and oxygen atoms in total. The molecule has 0 saturated heterocycles. The van der Waals surface area contributed by atoms with Gasteiger partial charge in [0.2, 0.25) is 0 Å². The average molecular weight is 322 g/mol. The van der Waals surface area contributed by atoms with E-state index in [2.05, 4.69) is 0 Å².